The zero-order valence-electron chi connectivity index (χ0n) is 13.2. The highest BCUT2D eigenvalue weighted by atomic mass is 15.1. The Kier molecular flexibility index (Phi) is 4.34. The Morgan fingerprint density at radius 3 is 2.63 bits per heavy atom. The maximum atomic E-state index is 4.97. The van der Waals surface area contributed by atoms with Gasteiger partial charge in [-0.05, 0) is 12.8 Å². The lowest BCUT2D eigenvalue weighted by molar-refractivity contribution is 0.387. The lowest BCUT2D eigenvalue weighted by atomic mass is 9.94. The number of hydrogen-bond donors (Lipinski definition) is 1. The molecule has 0 aromatic carbocycles. The summed E-state index contributed by atoms with van der Waals surface area (Å²) in [7, 11) is 0. The van der Waals surface area contributed by atoms with E-state index in [0.29, 0.717) is 6.04 Å². The number of hydrogen-bond acceptors (Lipinski definition) is 2. The van der Waals surface area contributed by atoms with E-state index in [1.165, 1.54) is 36.5 Å². The van der Waals surface area contributed by atoms with Gasteiger partial charge in [0, 0.05) is 36.7 Å². The highest BCUT2D eigenvalue weighted by molar-refractivity contribution is 5.24. The molecule has 1 unspecified atom stereocenters. The average Bonchev–Trinajstić information content (AvgIpc) is 2.75. The molecule has 0 spiro atoms. The standard InChI is InChI=1S/C16H29N3/c1-6-8-12(7-2)19-14-9-10-17-11-13(14)18-15(19)16(3,4)5/h12,17H,6-11H2,1-5H3. The third-order valence-corrected chi connectivity index (χ3v) is 4.05. The van der Waals surface area contributed by atoms with Gasteiger partial charge in [0.2, 0.25) is 0 Å². The highest BCUT2D eigenvalue weighted by Crippen LogP contribution is 2.32. The van der Waals surface area contributed by atoms with Gasteiger partial charge in [-0.15, -0.1) is 0 Å². The Bertz CT molecular complexity index is 426. The summed E-state index contributed by atoms with van der Waals surface area (Å²) in [4.78, 5) is 4.97. The van der Waals surface area contributed by atoms with Crippen molar-refractivity contribution in [1.82, 2.24) is 14.9 Å². The second-order valence-electron chi connectivity index (χ2n) is 6.73. The first kappa shape index (κ1) is 14.6. The van der Waals surface area contributed by atoms with Crippen molar-refractivity contribution < 1.29 is 0 Å². The van der Waals surface area contributed by atoms with Crippen LogP contribution >= 0.6 is 0 Å². The molecule has 0 radical (unpaired) electrons. The molecule has 3 heteroatoms. The summed E-state index contributed by atoms with van der Waals surface area (Å²) in [6.45, 7) is 13.5. The number of nitrogens with zero attached hydrogens (tertiary/aromatic N) is 2. The lowest BCUT2D eigenvalue weighted by Gasteiger charge is -2.28. The van der Waals surface area contributed by atoms with E-state index in [1.807, 2.05) is 0 Å². The predicted molar refractivity (Wildman–Crippen MR) is 80.6 cm³/mol. The number of aromatic nitrogens is 2. The van der Waals surface area contributed by atoms with Crippen LogP contribution in [0.4, 0.5) is 0 Å². The van der Waals surface area contributed by atoms with Crippen molar-refractivity contribution in [3.8, 4) is 0 Å². The second kappa shape index (κ2) is 5.66. The van der Waals surface area contributed by atoms with E-state index < -0.39 is 0 Å². The summed E-state index contributed by atoms with van der Waals surface area (Å²) in [5.74, 6) is 1.28. The second-order valence-corrected chi connectivity index (χ2v) is 6.73. The molecule has 108 valence electrons. The first-order valence-corrected chi connectivity index (χ1v) is 7.80. The van der Waals surface area contributed by atoms with Gasteiger partial charge in [-0.1, -0.05) is 41.0 Å². The molecular weight excluding hydrogens is 234 g/mol. The smallest absolute Gasteiger partial charge is 0.114 e. The molecule has 0 fully saturated rings. The van der Waals surface area contributed by atoms with Crippen molar-refractivity contribution in [3.63, 3.8) is 0 Å². The van der Waals surface area contributed by atoms with Crippen molar-refractivity contribution in [2.24, 2.45) is 0 Å². The topological polar surface area (TPSA) is 29.9 Å². The third kappa shape index (κ3) is 2.86. The molecule has 0 saturated heterocycles. The largest absolute Gasteiger partial charge is 0.328 e. The van der Waals surface area contributed by atoms with E-state index in [4.69, 9.17) is 4.98 Å². The Hall–Kier alpha value is -0.830. The molecule has 0 saturated carbocycles. The van der Waals surface area contributed by atoms with Gasteiger partial charge in [0.15, 0.2) is 0 Å². The molecule has 0 amide bonds. The van der Waals surface area contributed by atoms with Crippen molar-refractivity contribution >= 4 is 0 Å². The highest BCUT2D eigenvalue weighted by Gasteiger charge is 2.29. The van der Waals surface area contributed by atoms with E-state index in [1.54, 1.807) is 0 Å². The van der Waals surface area contributed by atoms with Crippen molar-refractivity contribution in [1.29, 1.82) is 0 Å². The Balaban J connectivity index is 2.51. The van der Waals surface area contributed by atoms with Crippen molar-refractivity contribution in [3.05, 3.63) is 17.2 Å². The fourth-order valence-corrected chi connectivity index (χ4v) is 3.10. The minimum atomic E-state index is 0.124. The molecule has 1 N–H and O–H groups in total. The van der Waals surface area contributed by atoms with Gasteiger partial charge in [0.1, 0.15) is 5.82 Å². The maximum Gasteiger partial charge on any atom is 0.114 e. The van der Waals surface area contributed by atoms with Crippen LogP contribution in [0.2, 0.25) is 0 Å². The monoisotopic (exact) mass is 263 g/mol. The van der Waals surface area contributed by atoms with Gasteiger partial charge < -0.3 is 9.88 Å². The van der Waals surface area contributed by atoms with Gasteiger partial charge in [0.25, 0.3) is 0 Å². The Labute approximate surface area is 117 Å². The summed E-state index contributed by atoms with van der Waals surface area (Å²) < 4.78 is 2.58. The number of rotatable bonds is 4. The number of fused-ring (bicyclic) bond motifs is 1. The fourth-order valence-electron chi connectivity index (χ4n) is 3.10. The van der Waals surface area contributed by atoms with E-state index in [0.717, 1.165) is 19.5 Å². The van der Waals surface area contributed by atoms with Crippen LogP contribution in [0.15, 0.2) is 0 Å². The quantitative estimate of drug-likeness (QED) is 0.900. The maximum absolute atomic E-state index is 4.97. The molecule has 19 heavy (non-hydrogen) atoms. The number of imidazole rings is 1. The molecule has 0 aliphatic carbocycles. The molecule has 2 rings (SSSR count). The zero-order chi connectivity index (χ0) is 14.0. The third-order valence-electron chi connectivity index (χ3n) is 4.05. The molecule has 1 aliphatic heterocycles. The molecule has 1 atom stereocenters. The summed E-state index contributed by atoms with van der Waals surface area (Å²) in [6, 6.07) is 0.619. The molecule has 1 aliphatic rings. The van der Waals surface area contributed by atoms with Gasteiger partial charge in [-0.25, -0.2) is 4.98 Å². The molecule has 2 heterocycles. The SMILES string of the molecule is CCCC(CC)n1c(C(C)(C)C)nc2c1CCNC2. The van der Waals surface area contributed by atoms with E-state index in [9.17, 15) is 0 Å². The minimum Gasteiger partial charge on any atom is -0.328 e. The van der Waals surface area contributed by atoms with Crippen LogP contribution < -0.4 is 5.32 Å². The molecular formula is C16H29N3. The average molecular weight is 263 g/mol. The van der Waals surface area contributed by atoms with Crippen LogP contribution in [0.3, 0.4) is 0 Å². The van der Waals surface area contributed by atoms with E-state index >= 15 is 0 Å². The van der Waals surface area contributed by atoms with Gasteiger partial charge in [-0.3, -0.25) is 0 Å². The van der Waals surface area contributed by atoms with Crippen LogP contribution in [0.25, 0.3) is 0 Å². The number of nitrogens with one attached hydrogen (secondary N) is 1. The minimum absolute atomic E-state index is 0.124. The first-order chi connectivity index (χ1) is 8.99. The summed E-state index contributed by atoms with van der Waals surface area (Å²) in [5, 5.41) is 3.45. The predicted octanol–water partition coefficient (Wildman–Crippen LogP) is 3.58. The molecule has 0 bridgehead atoms. The fraction of sp³-hybridized carbons (Fsp3) is 0.812. The van der Waals surface area contributed by atoms with E-state index in [-0.39, 0.29) is 5.41 Å². The zero-order valence-corrected chi connectivity index (χ0v) is 13.2. The first-order valence-electron chi connectivity index (χ1n) is 7.80. The van der Waals surface area contributed by atoms with Crippen LogP contribution in [-0.4, -0.2) is 16.1 Å². The van der Waals surface area contributed by atoms with Gasteiger partial charge in [-0.2, -0.15) is 0 Å². The van der Waals surface area contributed by atoms with Crippen molar-refractivity contribution in [2.45, 2.75) is 78.3 Å². The van der Waals surface area contributed by atoms with Crippen LogP contribution in [0.5, 0.6) is 0 Å². The molecule has 1 aromatic rings. The van der Waals surface area contributed by atoms with Crippen LogP contribution in [0.1, 0.15) is 77.1 Å². The normalized spacial score (nSPS) is 17.3. The van der Waals surface area contributed by atoms with Crippen LogP contribution in [0, 0.1) is 0 Å². The lowest BCUT2D eigenvalue weighted by Crippen LogP contribution is -2.27. The van der Waals surface area contributed by atoms with Gasteiger partial charge in [0.05, 0.1) is 5.69 Å². The molecule has 3 nitrogen and oxygen atoms in total. The summed E-state index contributed by atoms with van der Waals surface area (Å²) >= 11 is 0. The van der Waals surface area contributed by atoms with E-state index in [2.05, 4.69) is 44.5 Å². The Morgan fingerprint density at radius 1 is 1.32 bits per heavy atom. The molecule has 1 aromatic heterocycles. The Morgan fingerprint density at radius 2 is 2.05 bits per heavy atom. The van der Waals surface area contributed by atoms with Crippen molar-refractivity contribution in [2.75, 3.05) is 6.54 Å². The van der Waals surface area contributed by atoms with Crippen LogP contribution in [-0.2, 0) is 18.4 Å². The van der Waals surface area contributed by atoms with Gasteiger partial charge >= 0.3 is 0 Å². The summed E-state index contributed by atoms with van der Waals surface area (Å²) in [6.07, 6.45) is 4.83. The summed E-state index contributed by atoms with van der Waals surface area (Å²) in [5.41, 5.74) is 2.90.